The summed E-state index contributed by atoms with van der Waals surface area (Å²) in [6, 6.07) is 15.0. The van der Waals surface area contributed by atoms with Crippen LogP contribution in [0.5, 0.6) is 0 Å². The number of nitrogens with zero attached hydrogens (tertiary/aromatic N) is 3. The normalized spacial score (nSPS) is 16.5. The molecule has 0 amide bonds. The number of aromatic nitrogens is 2. The fraction of sp³-hybridized carbons (Fsp3) is 0.333. The van der Waals surface area contributed by atoms with Gasteiger partial charge in [0.1, 0.15) is 5.82 Å². The molecule has 2 heterocycles. The van der Waals surface area contributed by atoms with E-state index >= 15 is 0 Å². The lowest BCUT2D eigenvalue weighted by atomic mass is 10.1. The summed E-state index contributed by atoms with van der Waals surface area (Å²) in [6.45, 7) is 7.97. The Morgan fingerprint density at radius 1 is 1.07 bits per heavy atom. The van der Waals surface area contributed by atoms with Crippen LogP contribution in [0.4, 0.5) is 10.1 Å². The number of aryl methyl sites for hydroxylation is 1. The number of halogens is 1. The van der Waals surface area contributed by atoms with Crippen LogP contribution in [0.3, 0.4) is 0 Å². The van der Waals surface area contributed by atoms with Crippen LogP contribution in [-0.2, 0) is 0 Å². The lowest BCUT2D eigenvalue weighted by Crippen LogP contribution is -3.14. The van der Waals surface area contributed by atoms with E-state index in [0.29, 0.717) is 11.8 Å². The van der Waals surface area contributed by atoms with Gasteiger partial charge in [0.25, 0.3) is 5.89 Å². The molecule has 27 heavy (non-hydrogen) atoms. The van der Waals surface area contributed by atoms with E-state index in [1.54, 1.807) is 0 Å². The second-order valence-corrected chi connectivity index (χ2v) is 7.16. The molecule has 0 aliphatic carbocycles. The fourth-order valence-corrected chi connectivity index (χ4v) is 3.62. The highest BCUT2D eigenvalue weighted by Gasteiger charge is 2.29. The molecule has 1 saturated heterocycles. The van der Waals surface area contributed by atoms with Crippen LogP contribution in [0.2, 0.25) is 0 Å². The molecule has 1 aromatic heterocycles. The molecule has 2 aromatic carbocycles. The maximum atomic E-state index is 13.1. The van der Waals surface area contributed by atoms with E-state index in [4.69, 9.17) is 4.42 Å². The van der Waals surface area contributed by atoms with E-state index < -0.39 is 0 Å². The lowest BCUT2D eigenvalue weighted by Gasteiger charge is -2.35. The second kappa shape index (κ2) is 7.48. The van der Waals surface area contributed by atoms with Crippen LogP contribution in [0.15, 0.2) is 52.9 Å². The van der Waals surface area contributed by atoms with Gasteiger partial charge in [-0.15, -0.1) is 10.2 Å². The van der Waals surface area contributed by atoms with Crippen molar-refractivity contribution in [2.45, 2.75) is 19.9 Å². The average molecular weight is 367 g/mol. The highest BCUT2D eigenvalue weighted by molar-refractivity contribution is 5.53. The highest BCUT2D eigenvalue weighted by Crippen LogP contribution is 2.21. The standard InChI is InChI=1S/C21H23FN4O/c1-15-4-3-5-17(14-15)21-24-23-20(27-21)16(2)25-10-12-26(13-11-25)19-8-6-18(22)7-9-19/h3-9,14,16H,10-13H2,1-2H3/p+1/t16-/m0/s1. The summed E-state index contributed by atoms with van der Waals surface area (Å²) in [5, 5.41) is 8.53. The molecule has 0 spiro atoms. The highest BCUT2D eigenvalue weighted by atomic mass is 19.1. The van der Waals surface area contributed by atoms with Crippen LogP contribution in [0.1, 0.15) is 24.4 Å². The van der Waals surface area contributed by atoms with Gasteiger partial charge in [-0.3, -0.25) is 0 Å². The van der Waals surface area contributed by atoms with Gasteiger partial charge in [0.05, 0.1) is 26.2 Å². The summed E-state index contributed by atoms with van der Waals surface area (Å²) < 4.78 is 19.1. The fourth-order valence-electron chi connectivity index (χ4n) is 3.62. The zero-order valence-corrected chi connectivity index (χ0v) is 15.7. The van der Waals surface area contributed by atoms with E-state index in [-0.39, 0.29) is 11.9 Å². The molecule has 1 aliphatic rings. The predicted molar refractivity (Wildman–Crippen MR) is 102 cm³/mol. The Bertz CT molecular complexity index is 901. The zero-order valence-electron chi connectivity index (χ0n) is 15.7. The van der Waals surface area contributed by atoms with Gasteiger partial charge in [-0.25, -0.2) is 4.39 Å². The Morgan fingerprint density at radius 3 is 2.52 bits per heavy atom. The first-order chi connectivity index (χ1) is 13.1. The Hall–Kier alpha value is -2.73. The van der Waals surface area contributed by atoms with Crippen LogP contribution < -0.4 is 9.80 Å². The van der Waals surface area contributed by atoms with E-state index in [1.165, 1.54) is 22.6 Å². The van der Waals surface area contributed by atoms with Gasteiger partial charge in [-0.05, 0) is 50.2 Å². The van der Waals surface area contributed by atoms with Gasteiger partial charge in [-0.1, -0.05) is 17.7 Å². The van der Waals surface area contributed by atoms with E-state index in [9.17, 15) is 4.39 Å². The van der Waals surface area contributed by atoms with Crippen molar-refractivity contribution in [1.82, 2.24) is 10.2 Å². The van der Waals surface area contributed by atoms with Crippen molar-refractivity contribution in [2.75, 3.05) is 31.1 Å². The van der Waals surface area contributed by atoms with E-state index in [1.807, 2.05) is 37.3 Å². The molecule has 0 saturated carbocycles. The van der Waals surface area contributed by atoms with Crippen molar-refractivity contribution >= 4 is 5.69 Å². The molecule has 0 radical (unpaired) electrons. The first-order valence-corrected chi connectivity index (χ1v) is 9.36. The number of rotatable bonds is 4. The number of hydrogen-bond acceptors (Lipinski definition) is 4. The summed E-state index contributed by atoms with van der Waals surface area (Å²) >= 11 is 0. The predicted octanol–water partition coefficient (Wildman–Crippen LogP) is 2.65. The smallest absolute Gasteiger partial charge is 0.274 e. The SMILES string of the molecule is Cc1cccc(-c2nnc([C@H](C)[NH+]3CCN(c4ccc(F)cc4)CC3)o2)c1. The molecule has 0 bridgehead atoms. The maximum Gasteiger partial charge on any atom is 0.274 e. The molecule has 5 nitrogen and oxygen atoms in total. The minimum absolute atomic E-state index is 0.145. The molecular weight excluding hydrogens is 343 g/mol. The van der Waals surface area contributed by atoms with E-state index in [2.05, 4.69) is 28.1 Å². The third-order valence-electron chi connectivity index (χ3n) is 5.29. The summed E-state index contributed by atoms with van der Waals surface area (Å²) in [7, 11) is 0. The summed E-state index contributed by atoms with van der Waals surface area (Å²) in [5.41, 5.74) is 3.20. The molecule has 1 fully saturated rings. The van der Waals surface area contributed by atoms with Crippen molar-refractivity contribution < 1.29 is 13.7 Å². The maximum absolute atomic E-state index is 13.1. The number of hydrogen-bond donors (Lipinski definition) is 1. The third kappa shape index (κ3) is 3.85. The minimum atomic E-state index is -0.197. The number of anilines is 1. The molecule has 4 rings (SSSR count). The molecule has 140 valence electrons. The van der Waals surface area contributed by atoms with Crippen molar-refractivity contribution in [2.24, 2.45) is 0 Å². The van der Waals surface area contributed by atoms with Gasteiger partial charge in [0.15, 0.2) is 6.04 Å². The topological polar surface area (TPSA) is 46.6 Å². The quantitative estimate of drug-likeness (QED) is 0.770. The number of quaternary nitrogens is 1. The summed E-state index contributed by atoms with van der Waals surface area (Å²) in [5.74, 6) is 1.05. The van der Waals surface area contributed by atoms with Crippen molar-refractivity contribution in [3.05, 3.63) is 65.8 Å². The summed E-state index contributed by atoms with van der Waals surface area (Å²) in [6.07, 6.45) is 0. The Balaban J connectivity index is 1.41. The average Bonchev–Trinajstić information content (AvgIpc) is 3.18. The Labute approximate surface area is 158 Å². The van der Waals surface area contributed by atoms with Gasteiger partial charge >= 0.3 is 0 Å². The number of benzene rings is 2. The first-order valence-electron chi connectivity index (χ1n) is 9.36. The first kappa shape index (κ1) is 17.7. The van der Waals surface area contributed by atoms with Crippen LogP contribution in [-0.4, -0.2) is 36.4 Å². The third-order valence-corrected chi connectivity index (χ3v) is 5.29. The molecule has 1 atom stereocenters. The molecular formula is C21H24FN4O+. The van der Waals surface area contributed by atoms with Gasteiger partial charge in [0, 0.05) is 11.3 Å². The van der Waals surface area contributed by atoms with Gasteiger partial charge in [0.2, 0.25) is 5.89 Å². The van der Waals surface area contributed by atoms with Crippen molar-refractivity contribution in [3.63, 3.8) is 0 Å². The molecule has 0 unspecified atom stereocenters. The van der Waals surface area contributed by atoms with Crippen LogP contribution in [0, 0.1) is 12.7 Å². The minimum Gasteiger partial charge on any atom is -0.415 e. The molecule has 1 aliphatic heterocycles. The lowest BCUT2D eigenvalue weighted by molar-refractivity contribution is -0.931. The zero-order chi connectivity index (χ0) is 18.8. The Morgan fingerprint density at radius 2 is 1.81 bits per heavy atom. The van der Waals surface area contributed by atoms with Gasteiger partial charge < -0.3 is 14.2 Å². The van der Waals surface area contributed by atoms with E-state index in [0.717, 1.165) is 37.4 Å². The summed E-state index contributed by atoms with van der Waals surface area (Å²) in [4.78, 5) is 3.72. The molecule has 6 heteroatoms. The van der Waals surface area contributed by atoms with Crippen molar-refractivity contribution in [1.29, 1.82) is 0 Å². The molecule has 1 N–H and O–H groups in total. The largest absolute Gasteiger partial charge is 0.415 e. The van der Waals surface area contributed by atoms with Gasteiger partial charge in [-0.2, -0.15) is 0 Å². The van der Waals surface area contributed by atoms with Crippen LogP contribution >= 0.6 is 0 Å². The number of nitrogens with one attached hydrogen (secondary N) is 1. The molecule has 3 aromatic rings. The number of piperazine rings is 1. The van der Waals surface area contributed by atoms with Crippen LogP contribution in [0.25, 0.3) is 11.5 Å². The second-order valence-electron chi connectivity index (χ2n) is 7.16. The Kier molecular flexibility index (Phi) is 4.90. The van der Waals surface area contributed by atoms with Crippen molar-refractivity contribution in [3.8, 4) is 11.5 Å². The monoisotopic (exact) mass is 367 g/mol.